The first kappa shape index (κ1) is 14.4. The molecule has 2 saturated carbocycles. The van der Waals surface area contributed by atoms with E-state index in [0.717, 1.165) is 0 Å². The van der Waals surface area contributed by atoms with E-state index in [1.165, 1.54) is 30.4 Å². The molecule has 122 valence electrons. The van der Waals surface area contributed by atoms with E-state index < -0.39 is 0 Å². The lowest BCUT2D eigenvalue weighted by Crippen LogP contribution is -2.44. The maximum absolute atomic E-state index is 5.07. The van der Waals surface area contributed by atoms with Crippen molar-refractivity contribution in [1.29, 1.82) is 0 Å². The van der Waals surface area contributed by atoms with Gasteiger partial charge in [0.25, 0.3) is 0 Å². The Morgan fingerprint density at radius 1 is 0.708 bits per heavy atom. The van der Waals surface area contributed by atoms with Gasteiger partial charge in [-0.15, -0.1) is 0 Å². The van der Waals surface area contributed by atoms with Gasteiger partial charge in [0.15, 0.2) is 0 Å². The van der Waals surface area contributed by atoms with E-state index in [2.05, 4.69) is 74.5 Å². The minimum atomic E-state index is -0.175. The van der Waals surface area contributed by atoms with Crippen LogP contribution in [-0.4, -0.2) is 0 Å². The zero-order valence-corrected chi connectivity index (χ0v) is 14.4. The van der Waals surface area contributed by atoms with Crippen molar-refractivity contribution in [3.8, 4) is 0 Å². The molecule has 2 aromatic rings. The Labute approximate surface area is 144 Å². The Morgan fingerprint density at radius 2 is 1.12 bits per heavy atom. The highest BCUT2D eigenvalue weighted by atomic mass is 15.3. The molecule has 2 heteroatoms. The van der Waals surface area contributed by atoms with Gasteiger partial charge in [0.1, 0.15) is 11.1 Å². The van der Waals surface area contributed by atoms with Crippen LogP contribution in [-0.2, 0) is 11.1 Å². The van der Waals surface area contributed by atoms with Gasteiger partial charge in [0.05, 0.1) is 0 Å². The fraction of sp³-hybridized carbons (Fsp3) is 0.455. The molecule has 2 bridgehead atoms. The molecule has 24 heavy (non-hydrogen) atoms. The van der Waals surface area contributed by atoms with E-state index in [9.17, 15) is 0 Å². The third-order valence-corrected chi connectivity index (χ3v) is 7.29. The summed E-state index contributed by atoms with van der Waals surface area (Å²) in [7, 11) is 0. The van der Waals surface area contributed by atoms with Gasteiger partial charge in [0, 0.05) is 5.41 Å². The van der Waals surface area contributed by atoms with Crippen molar-refractivity contribution < 1.29 is 0 Å². The van der Waals surface area contributed by atoms with E-state index in [-0.39, 0.29) is 16.5 Å². The minimum Gasteiger partial charge on any atom is -0.181 e. The van der Waals surface area contributed by atoms with Crippen LogP contribution in [0.4, 0.5) is 0 Å². The predicted octanol–water partition coefficient (Wildman–Crippen LogP) is 5.70. The van der Waals surface area contributed by atoms with Crippen molar-refractivity contribution in [1.82, 2.24) is 0 Å². The van der Waals surface area contributed by atoms with E-state index in [1.807, 2.05) is 0 Å². The Morgan fingerprint density at radius 3 is 1.54 bits per heavy atom. The summed E-state index contributed by atoms with van der Waals surface area (Å²) in [6.07, 6.45) is 3.85. The largest absolute Gasteiger partial charge is 0.181 e. The van der Waals surface area contributed by atoms with E-state index in [0.29, 0.717) is 11.8 Å². The van der Waals surface area contributed by atoms with Crippen LogP contribution >= 0.6 is 0 Å². The van der Waals surface area contributed by atoms with Crippen molar-refractivity contribution in [2.45, 2.75) is 44.2 Å². The fourth-order valence-corrected chi connectivity index (χ4v) is 6.38. The van der Waals surface area contributed by atoms with E-state index in [1.54, 1.807) is 0 Å². The van der Waals surface area contributed by atoms with Crippen LogP contribution in [0.3, 0.4) is 0 Å². The number of azo groups is 1. The zero-order valence-electron chi connectivity index (χ0n) is 14.4. The average Bonchev–Trinajstić information content (AvgIpc) is 3.24. The quantitative estimate of drug-likeness (QED) is 0.679. The van der Waals surface area contributed by atoms with Gasteiger partial charge in [0.2, 0.25) is 0 Å². The Hall–Kier alpha value is -1.96. The highest BCUT2D eigenvalue weighted by molar-refractivity contribution is 5.45. The number of benzene rings is 2. The molecule has 2 fully saturated rings. The first-order valence-electron chi connectivity index (χ1n) is 9.20. The molecule has 1 heterocycles. The number of hydrogen-bond acceptors (Lipinski definition) is 2. The van der Waals surface area contributed by atoms with Crippen molar-refractivity contribution in [3.63, 3.8) is 0 Å². The molecule has 3 aliphatic rings. The molecule has 5 rings (SSSR count). The second-order valence-corrected chi connectivity index (χ2v) is 8.23. The van der Waals surface area contributed by atoms with Crippen LogP contribution in [0, 0.1) is 17.3 Å². The van der Waals surface area contributed by atoms with Crippen molar-refractivity contribution in [3.05, 3.63) is 71.8 Å². The molecule has 2 aromatic carbocycles. The summed E-state index contributed by atoms with van der Waals surface area (Å²) >= 11 is 0. The third kappa shape index (κ3) is 1.36. The lowest BCUT2D eigenvalue weighted by Gasteiger charge is -2.41. The Balaban J connectivity index is 1.80. The summed E-state index contributed by atoms with van der Waals surface area (Å²) in [6.45, 7) is 4.82. The summed E-state index contributed by atoms with van der Waals surface area (Å²) in [4.78, 5) is 0. The van der Waals surface area contributed by atoms with Gasteiger partial charge in [-0.25, -0.2) is 0 Å². The van der Waals surface area contributed by atoms with Gasteiger partial charge in [-0.2, -0.15) is 10.2 Å². The molecule has 1 aliphatic heterocycles. The summed E-state index contributed by atoms with van der Waals surface area (Å²) in [6, 6.07) is 21.9. The molecule has 0 saturated heterocycles. The molecular weight excluding hydrogens is 292 g/mol. The maximum atomic E-state index is 5.07. The molecule has 2 aliphatic carbocycles. The number of rotatable bonds is 2. The molecule has 0 spiro atoms. The van der Waals surface area contributed by atoms with Crippen molar-refractivity contribution in [2.24, 2.45) is 27.5 Å². The monoisotopic (exact) mass is 316 g/mol. The number of nitrogens with zero attached hydrogens (tertiary/aromatic N) is 2. The summed E-state index contributed by atoms with van der Waals surface area (Å²) in [5.41, 5.74) is 2.34. The van der Waals surface area contributed by atoms with Gasteiger partial charge in [-0.05, 0) is 35.8 Å². The molecule has 0 aromatic heterocycles. The summed E-state index contributed by atoms with van der Waals surface area (Å²) in [5, 5.41) is 10.1. The van der Waals surface area contributed by atoms with Gasteiger partial charge < -0.3 is 0 Å². The fourth-order valence-electron chi connectivity index (χ4n) is 6.38. The summed E-state index contributed by atoms with van der Waals surface area (Å²) < 4.78 is 0. The van der Waals surface area contributed by atoms with Gasteiger partial charge >= 0.3 is 0 Å². The van der Waals surface area contributed by atoms with Crippen LogP contribution in [0.15, 0.2) is 70.9 Å². The second-order valence-electron chi connectivity index (χ2n) is 8.23. The lowest BCUT2D eigenvalue weighted by atomic mass is 9.61. The van der Waals surface area contributed by atoms with E-state index in [4.69, 9.17) is 10.2 Å². The second kappa shape index (κ2) is 4.56. The molecule has 0 radical (unpaired) electrons. The van der Waals surface area contributed by atoms with Crippen LogP contribution in [0.2, 0.25) is 0 Å². The number of hydrogen-bond donors (Lipinski definition) is 0. The smallest absolute Gasteiger partial charge is 0.117 e. The number of fused-ring (bicyclic) bond motifs is 5. The Bertz CT molecular complexity index is 730. The Kier molecular flexibility index (Phi) is 2.73. The standard InChI is InChI=1S/C22H24N2/c1-20(2)21(16-10-5-3-6-11-16)18-14-9-15-19(18)22(20,24-23-21)17-12-7-4-8-13-17/h3-8,10-13,18-19H,9,14-15H2,1-2H3/t18-,19+,21-,22+. The predicted molar refractivity (Wildman–Crippen MR) is 95.7 cm³/mol. The zero-order chi connectivity index (χ0) is 16.4. The highest BCUT2D eigenvalue weighted by Crippen LogP contribution is 2.77. The van der Waals surface area contributed by atoms with Crippen LogP contribution in [0.1, 0.15) is 44.2 Å². The van der Waals surface area contributed by atoms with Gasteiger partial charge in [-0.3, -0.25) is 0 Å². The van der Waals surface area contributed by atoms with Crippen molar-refractivity contribution >= 4 is 0 Å². The molecule has 4 atom stereocenters. The van der Waals surface area contributed by atoms with Crippen molar-refractivity contribution in [2.75, 3.05) is 0 Å². The molecule has 0 N–H and O–H groups in total. The van der Waals surface area contributed by atoms with Gasteiger partial charge in [-0.1, -0.05) is 80.9 Å². The lowest BCUT2D eigenvalue weighted by molar-refractivity contribution is 0.140. The molecule has 0 unspecified atom stereocenters. The first-order chi connectivity index (χ1) is 11.6. The third-order valence-electron chi connectivity index (χ3n) is 7.29. The topological polar surface area (TPSA) is 24.7 Å². The SMILES string of the molecule is CC1(C)[C@]2(c3ccccc3)N=N[C@@]1(c1ccccc1)[C@H]1CCC[C@H]12. The maximum Gasteiger partial charge on any atom is 0.117 e. The summed E-state index contributed by atoms with van der Waals surface area (Å²) in [5.74, 6) is 1.21. The molecular formula is C22H24N2. The van der Waals surface area contributed by atoms with Crippen LogP contribution < -0.4 is 0 Å². The average molecular weight is 316 g/mol. The van der Waals surface area contributed by atoms with E-state index >= 15 is 0 Å². The van der Waals surface area contributed by atoms with Crippen LogP contribution in [0.25, 0.3) is 0 Å². The molecule has 0 amide bonds. The van der Waals surface area contributed by atoms with Crippen LogP contribution in [0.5, 0.6) is 0 Å². The normalized spacial score (nSPS) is 38.4. The minimum absolute atomic E-state index is 0.0154. The first-order valence-corrected chi connectivity index (χ1v) is 9.20. The molecule has 2 nitrogen and oxygen atoms in total. The highest BCUT2D eigenvalue weighted by Gasteiger charge is 2.78.